The van der Waals surface area contributed by atoms with Crippen LogP contribution in [-0.2, 0) is 4.79 Å². The lowest BCUT2D eigenvalue weighted by Crippen LogP contribution is -2.15. The van der Waals surface area contributed by atoms with Crippen molar-refractivity contribution >= 4 is 40.6 Å². The molecule has 0 radical (unpaired) electrons. The van der Waals surface area contributed by atoms with E-state index in [1.807, 2.05) is 103 Å². The van der Waals surface area contributed by atoms with E-state index in [4.69, 9.17) is 16.3 Å². The Morgan fingerprint density at radius 2 is 1.74 bits per heavy atom. The highest BCUT2D eigenvalue weighted by Crippen LogP contribution is 2.32. The highest BCUT2D eigenvalue weighted by molar-refractivity contribution is 7.99. The lowest BCUT2D eigenvalue weighted by Gasteiger charge is -2.13. The molecule has 0 unspecified atom stereocenters. The molecule has 180 valence electrons. The van der Waals surface area contributed by atoms with Gasteiger partial charge >= 0.3 is 0 Å². The van der Waals surface area contributed by atoms with Gasteiger partial charge in [-0.15, -0.1) is 10.2 Å². The van der Waals surface area contributed by atoms with Crippen molar-refractivity contribution in [1.29, 1.82) is 0 Å². The van der Waals surface area contributed by atoms with Crippen molar-refractivity contribution < 1.29 is 9.53 Å². The van der Waals surface area contributed by atoms with Gasteiger partial charge in [-0.3, -0.25) is 9.36 Å². The standard InChI is InChI=1S/C26H26ClN5O2S/c1-4-34-21-15-13-20(14-16-21)32-25(22-7-5-6-8-23(22)27)29-30-26(32)35-17-24(33)28-18-9-11-19(12-10-18)31(2)3/h5-16H,4,17H2,1-3H3,(H,28,33). The Morgan fingerprint density at radius 1 is 1.03 bits per heavy atom. The Balaban J connectivity index is 1.57. The van der Waals surface area contributed by atoms with E-state index < -0.39 is 0 Å². The summed E-state index contributed by atoms with van der Waals surface area (Å²) < 4.78 is 7.48. The number of anilines is 2. The third-order valence-electron chi connectivity index (χ3n) is 5.15. The molecular weight excluding hydrogens is 482 g/mol. The SMILES string of the molecule is CCOc1ccc(-n2c(SCC(=O)Nc3ccc(N(C)C)cc3)nnc2-c2ccccc2Cl)cc1. The van der Waals surface area contributed by atoms with Gasteiger partial charge in [0, 0.05) is 36.7 Å². The Bertz CT molecular complexity index is 1290. The normalized spacial score (nSPS) is 10.7. The lowest BCUT2D eigenvalue weighted by atomic mass is 10.2. The molecule has 0 aliphatic rings. The van der Waals surface area contributed by atoms with Crippen molar-refractivity contribution in [2.45, 2.75) is 12.1 Å². The minimum atomic E-state index is -0.131. The van der Waals surface area contributed by atoms with Crippen molar-refractivity contribution in [3.63, 3.8) is 0 Å². The number of nitrogens with zero attached hydrogens (tertiary/aromatic N) is 4. The second-order valence-electron chi connectivity index (χ2n) is 7.83. The maximum absolute atomic E-state index is 12.7. The van der Waals surface area contributed by atoms with Crippen LogP contribution in [0.4, 0.5) is 11.4 Å². The number of benzene rings is 3. The number of halogens is 1. The van der Waals surface area contributed by atoms with E-state index in [0.717, 1.165) is 28.4 Å². The second kappa shape index (κ2) is 11.3. The summed E-state index contributed by atoms with van der Waals surface area (Å²) in [6.07, 6.45) is 0. The number of rotatable bonds is 9. The molecule has 0 aliphatic carbocycles. The first kappa shape index (κ1) is 24.6. The van der Waals surface area contributed by atoms with E-state index in [1.165, 1.54) is 11.8 Å². The number of carbonyl (C=O) groups is 1. The molecule has 1 N–H and O–H groups in total. The van der Waals surface area contributed by atoms with E-state index in [1.54, 1.807) is 0 Å². The number of nitrogens with one attached hydrogen (secondary N) is 1. The second-order valence-corrected chi connectivity index (χ2v) is 9.18. The molecule has 0 atom stereocenters. The zero-order chi connectivity index (χ0) is 24.8. The summed E-state index contributed by atoms with van der Waals surface area (Å²) in [5, 5.41) is 12.9. The number of hydrogen-bond acceptors (Lipinski definition) is 6. The van der Waals surface area contributed by atoms with Crippen molar-refractivity contribution in [3.8, 4) is 22.8 Å². The molecule has 4 rings (SSSR count). The molecule has 0 saturated heterocycles. The van der Waals surface area contributed by atoms with Crippen LogP contribution in [0.25, 0.3) is 17.1 Å². The van der Waals surface area contributed by atoms with Gasteiger partial charge in [0.2, 0.25) is 5.91 Å². The van der Waals surface area contributed by atoms with E-state index in [-0.39, 0.29) is 11.7 Å². The first-order chi connectivity index (χ1) is 17.0. The Hall–Kier alpha value is -3.49. The topological polar surface area (TPSA) is 72.3 Å². The minimum Gasteiger partial charge on any atom is -0.494 e. The largest absolute Gasteiger partial charge is 0.494 e. The zero-order valence-corrected chi connectivity index (χ0v) is 21.3. The highest BCUT2D eigenvalue weighted by Gasteiger charge is 2.19. The average molecular weight is 508 g/mol. The van der Waals surface area contributed by atoms with Gasteiger partial charge in [-0.2, -0.15) is 0 Å². The maximum Gasteiger partial charge on any atom is 0.234 e. The summed E-state index contributed by atoms with van der Waals surface area (Å²) in [5.41, 5.74) is 3.40. The van der Waals surface area contributed by atoms with Crippen LogP contribution >= 0.6 is 23.4 Å². The van der Waals surface area contributed by atoms with E-state index in [2.05, 4.69) is 15.5 Å². The number of ether oxygens (including phenoxy) is 1. The summed E-state index contributed by atoms with van der Waals surface area (Å²) in [4.78, 5) is 14.7. The van der Waals surface area contributed by atoms with Crippen LogP contribution in [-0.4, -0.2) is 47.1 Å². The number of thioether (sulfide) groups is 1. The molecule has 9 heteroatoms. The lowest BCUT2D eigenvalue weighted by molar-refractivity contribution is -0.113. The summed E-state index contributed by atoms with van der Waals surface area (Å²) in [5.74, 6) is 1.42. The zero-order valence-electron chi connectivity index (χ0n) is 19.7. The predicted molar refractivity (Wildman–Crippen MR) is 143 cm³/mol. The number of amides is 1. The Kier molecular flexibility index (Phi) is 7.94. The van der Waals surface area contributed by atoms with E-state index in [0.29, 0.717) is 22.6 Å². The van der Waals surface area contributed by atoms with Crippen LogP contribution in [0.5, 0.6) is 5.75 Å². The number of aromatic nitrogens is 3. The van der Waals surface area contributed by atoms with Gasteiger partial charge in [0.1, 0.15) is 5.75 Å². The smallest absolute Gasteiger partial charge is 0.234 e. The molecule has 1 heterocycles. The summed E-state index contributed by atoms with van der Waals surface area (Å²) in [6, 6.07) is 22.8. The number of hydrogen-bond donors (Lipinski definition) is 1. The molecule has 0 spiro atoms. The maximum atomic E-state index is 12.7. The van der Waals surface area contributed by atoms with Gasteiger partial charge in [-0.05, 0) is 67.6 Å². The van der Waals surface area contributed by atoms with Crippen molar-refractivity contribution in [1.82, 2.24) is 14.8 Å². The third-order valence-corrected chi connectivity index (χ3v) is 6.41. The molecule has 0 aliphatic heterocycles. The van der Waals surface area contributed by atoms with E-state index >= 15 is 0 Å². The van der Waals surface area contributed by atoms with Gasteiger partial charge in [-0.25, -0.2) is 0 Å². The summed E-state index contributed by atoms with van der Waals surface area (Å²) >= 11 is 7.78. The fourth-order valence-electron chi connectivity index (χ4n) is 3.44. The highest BCUT2D eigenvalue weighted by atomic mass is 35.5. The van der Waals surface area contributed by atoms with Crippen molar-refractivity contribution in [2.75, 3.05) is 36.7 Å². The van der Waals surface area contributed by atoms with E-state index in [9.17, 15) is 4.79 Å². The third kappa shape index (κ3) is 5.96. The monoisotopic (exact) mass is 507 g/mol. The first-order valence-corrected chi connectivity index (χ1v) is 12.5. The van der Waals surface area contributed by atoms with Crippen LogP contribution in [0.3, 0.4) is 0 Å². The van der Waals surface area contributed by atoms with Gasteiger partial charge in [0.05, 0.1) is 17.4 Å². The summed E-state index contributed by atoms with van der Waals surface area (Å²) in [6.45, 7) is 2.53. The van der Waals surface area contributed by atoms with Crippen LogP contribution in [0, 0.1) is 0 Å². The van der Waals surface area contributed by atoms with Gasteiger partial charge < -0.3 is 15.0 Å². The fourth-order valence-corrected chi connectivity index (χ4v) is 4.41. The van der Waals surface area contributed by atoms with Crippen LogP contribution in [0.2, 0.25) is 5.02 Å². The first-order valence-electron chi connectivity index (χ1n) is 11.1. The van der Waals surface area contributed by atoms with Crippen molar-refractivity contribution in [3.05, 3.63) is 77.8 Å². The van der Waals surface area contributed by atoms with Crippen LogP contribution in [0.1, 0.15) is 6.92 Å². The van der Waals surface area contributed by atoms with Crippen molar-refractivity contribution in [2.24, 2.45) is 0 Å². The van der Waals surface area contributed by atoms with Gasteiger partial charge in [0.25, 0.3) is 0 Å². The molecule has 0 saturated carbocycles. The predicted octanol–water partition coefficient (Wildman–Crippen LogP) is 5.78. The van der Waals surface area contributed by atoms with Gasteiger partial charge in [-0.1, -0.05) is 35.5 Å². The molecule has 1 amide bonds. The quantitative estimate of drug-likeness (QED) is 0.289. The molecule has 3 aromatic carbocycles. The molecule has 4 aromatic rings. The Labute approximate surface area is 214 Å². The molecule has 0 fully saturated rings. The van der Waals surface area contributed by atoms with Gasteiger partial charge in [0.15, 0.2) is 11.0 Å². The minimum absolute atomic E-state index is 0.131. The number of carbonyl (C=O) groups excluding carboxylic acids is 1. The average Bonchev–Trinajstić information content (AvgIpc) is 3.28. The Morgan fingerprint density at radius 3 is 2.40 bits per heavy atom. The van der Waals surface area contributed by atoms with Crippen LogP contribution in [0.15, 0.2) is 78.0 Å². The molecule has 1 aromatic heterocycles. The molecule has 35 heavy (non-hydrogen) atoms. The molecule has 7 nitrogen and oxygen atoms in total. The molecular formula is C26H26ClN5O2S. The molecule has 0 bridgehead atoms. The fraction of sp³-hybridized carbons (Fsp3) is 0.192. The van der Waals surface area contributed by atoms with Crippen LogP contribution < -0.4 is 15.0 Å². The summed E-state index contributed by atoms with van der Waals surface area (Å²) in [7, 11) is 3.95.